The molecule has 0 spiro atoms. The topological polar surface area (TPSA) is 35.0 Å². The van der Waals surface area contributed by atoms with Crippen molar-refractivity contribution in [2.45, 2.75) is 26.1 Å². The van der Waals surface area contributed by atoms with E-state index in [1.165, 1.54) is 0 Å². The lowest BCUT2D eigenvalue weighted by Gasteiger charge is -2.10. The number of alkyl halides is 1. The Kier molecular flexibility index (Phi) is 4.61. The third-order valence-electron chi connectivity index (χ3n) is 2.64. The molecule has 0 amide bonds. The molecule has 2 heterocycles. The van der Waals surface area contributed by atoms with Gasteiger partial charge in [-0.15, -0.1) is 11.6 Å². The summed E-state index contributed by atoms with van der Waals surface area (Å²) < 4.78 is 5.76. The van der Waals surface area contributed by atoms with Crippen molar-refractivity contribution in [2.24, 2.45) is 0 Å². The first kappa shape index (κ1) is 14.1. The van der Waals surface area contributed by atoms with Crippen molar-refractivity contribution >= 4 is 23.2 Å². The maximum atomic E-state index is 5.96. The Balaban J connectivity index is 2.30. The van der Waals surface area contributed by atoms with Gasteiger partial charge in [0.05, 0.1) is 22.3 Å². The smallest absolute Gasteiger partial charge is 0.219 e. The van der Waals surface area contributed by atoms with E-state index in [1.54, 1.807) is 12.1 Å². The standard InChI is InChI=1S/C14H14Cl2N2O/c1-3-11-13(6-4-9(2)17-11)19-14-7-5-10(16)12(8-15)18-14/h4-7H,3,8H2,1-2H3. The van der Waals surface area contributed by atoms with Crippen molar-refractivity contribution in [2.75, 3.05) is 0 Å². The van der Waals surface area contributed by atoms with Gasteiger partial charge in [0, 0.05) is 11.8 Å². The number of hydrogen-bond donors (Lipinski definition) is 0. The Bertz CT molecular complexity index is 588. The van der Waals surface area contributed by atoms with Gasteiger partial charge in [0.1, 0.15) is 0 Å². The van der Waals surface area contributed by atoms with Crippen LogP contribution in [0.1, 0.15) is 24.0 Å². The normalized spacial score (nSPS) is 10.5. The highest BCUT2D eigenvalue weighted by Gasteiger charge is 2.08. The predicted molar refractivity (Wildman–Crippen MR) is 77.2 cm³/mol. The van der Waals surface area contributed by atoms with Crippen molar-refractivity contribution < 1.29 is 4.74 Å². The van der Waals surface area contributed by atoms with Crippen LogP contribution in [0.5, 0.6) is 11.6 Å². The molecule has 0 aliphatic carbocycles. The monoisotopic (exact) mass is 296 g/mol. The molecule has 0 aliphatic rings. The number of rotatable bonds is 4. The minimum atomic E-state index is 0.253. The van der Waals surface area contributed by atoms with Gasteiger partial charge in [-0.3, -0.25) is 4.98 Å². The number of aryl methyl sites for hydroxylation is 2. The maximum Gasteiger partial charge on any atom is 0.219 e. The lowest BCUT2D eigenvalue weighted by molar-refractivity contribution is 0.452. The molecule has 5 heteroatoms. The van der Waals surface area contributed by atoms with Gasteiger partial charge >= 0.3 is 0 Å². The predicted octanol–water partition coefficient (Wildman–Crippen LogP) is 4.53. The van der Waals surface area contributed by atoms with E-state index in [2.05, 4.69) is 9.97 Å². The van der Waals surface area contributed by atoms with E-state index < -0.39 is 0 Å². The first-order chi connectivity index (χ1) is 9.13. The molecule has 2 rings (SSSR count). The second-order valence-corrected chi connectivity index (χ2v) is 4.74. The van der Waals surface area contributed by atoms with Crippen LogP contribution in [0, 0.1) is 6.92 Å². The zero-order valence-corrected chi connectivity index (χ0v) is 12.3. The van der Waals surface area contributed by atoms with Gasteiger partial charge < -0.3 is 4.74 Å². The Morgan fingerprint density at radius 1 is 1.11 bits per heavy atom. The van der Waals surface area contributed by atoms with E-state index in [4.69, 9.17) is 27.9 Å². The zero-order valence-electron chi connectivity index (χ0n) is 10.8. The largest absolute Gasteiger partial charge is 0.437 e. The molecular weight excluding hydrogens is 283 g/mol. The van der Waals surface area contributed by atoms with Crippen LogP contribution in [0.2, 0.25) is 5.02 Å². The molecule has 0 N–H and O–H groups in total. The van der Waals surface area contributed by atoms with Crippen LogP contribution in [-0.4, -0.2) is 9.97 Å². The summed E-state index contributed by atoms with van der Waals surface area (Å²) in [6.45, 7) is 3.99. The zero-order chi connectivity index (χ0) is 13.8. The molecule has 0 atom stereocenters. The summed E-state index contributed by atoms with van der Waals surface area (Å²) in [4.78, 5) is 8.71. The fourth-order valence-electron chi connectivity index (χ4n) is 1.67. The average molecular weight is 297 g/mol. The van der Waals surface area contributed by atoms with Crippen LogP contribution < -0.4 is 4.74 Å². The Morgan fingerprint density at radius 2 is 1.89 bits per heavy atom. The van der Waals surface area contributed by atoms with E-state index in [0.717, 1.165) is 17.8 Å². The van der Waals surface area contributed by atoms with Crippen LogP contribution in [0.4, 0.5) is 0 Å². The van der Waals surface area contributed by atoms with Crippen LogP contribution in [0.15, 0.2) is 24.3 Å². The van der Waals surface area contributed by atoms with Gasteiger partial charge in [0.25, 0.3) is 0 Å². The van der Waals surface area contributed by atoms with E-state index in [0.29, 0.717) is 22.3 Å². The molecule has 0 saturated heterocycles. The average Bonchev–Trinajstić information content (AvgIpc) is 2.42. The second-order valence-electron chi connectivity index (χ2n) is 4.06. The summed E-state index contributed by atoms with van der Waals surface area (Å²) in [6, 6.07) is 7.26. The van der Waals surface area contributed by atoms with Crippen LogP contribution in [0.3, 0.4) is 0 Å². The number of halogens is 2. The molecule has 100 valence electrons. The van der Waals surface area contributed by atoms with Crippen molar-refractivity contribution in [3.8, 4) is 11.6 Å². The van der Waals surface area contributed by atoms with Gasteiger partial charge in [-0.05, 0) is 31.5 Å². The molecule has 3 nitrogen and oxygen atoms in total. The quantitative estimate of drug-likeness (QED) is 0.778. The van der Waals surface area contributed by atoms with Gasteiger partial charge in [0.15, 0.2) is 5.75 Å². The number of nitrogens with zero attached hydrogens (tertiary/aromatic N) is 2. The van der Waals surface area contributed by atoms with E-state index in [1.807, 2.05) is 26.0 Å². The minimum Gasteiger partial charge on any atom is -0.437 e. The fourth-order valence-corrected chi connectivity index (χ4v) is 2.12. The molecule has 2 aromatic rings. The lowest BCUT2D eigenvalue weighted by atomic mass is 10.2. The summed E-state index contributed by atoms with van der Waals surface area (Å²) in [5.41, 5.74) is 2.48. The van der Waals surface area contributed by atoms with E-state index in [9.17, 15) is 0 Å². The van der Waals surface area contributed by atoms with Crippen molar-refractivity contribution in [3.05, 3.63) is 46.4 Å². The highest BCUT2D eigenvalue weighted by atomic mass is 35.5. The molecular formula is C14H14Cl2N2O. The lowest BCUT2D eigenvalue weighted by Crippen LogP contribution is -1.98. The highest BCUT2D eigenvalue weighted by molar-refractivity contribution is 6.32. The van der Waals surface area contributed by atoms with Gasteiger partial charge in [-0.1, -0.05) is 18.5 Å². The number of aromatic nitrogens is 2. The first-order valence-corrected chi connectivity index (χ1v) is 6.91. The first-order valence-electron chi connectivity index (χ1n) is 5.99. The summed E-state index contributed by atoms with van der Waals surface area (Å²) in [5, 5.41) is 0.542. The van der Waals surface area contributed by atoms with Crippen molar-refractivity contribution in [1.29, 1.82) is 0 Å². The van der Waals surface area contributed by atoms with Crippen molar-refractivity contribution in [3.63, 3.8) is 0 Å². The Morgan fingerprint density at radius 3 is 2.58 bits per heavy atom. The molecule has 0 bridgehead atoms. The Hall–Kier alpha value is -1.32. The molecule has 0 aliphatic heterocycles. The van der Waals surface area contributed by atoms with Crippen LogP contribution in [0.25, 0.3) is 0 Å². The fraction of sp³-hybridized carbons (Fsp3) is 0.286. The van der Waals surface area contributed by atoms with Gasteiger partial charge in [-0.2, -0.15) is 0 Å². The number of pyridine rings is 2. The van der Waals surface area contributed by atoms with Crippen molar-refractivity contribution in [1.82, 2.24) is 9.97 Å². The van der Waals surface area contributed by atoms with Crippen LogP contribution in [-0.2, 0) is 12.3 Å². The molecule has 0 saturated carbocycles. The van der Waals surface area contributed by atoms with E-state index >= 15 is 0 Å². The molecule has 0 unspecified atom stereocenters. The summed E-state index contributed by atoms with van der Waals surface area (Å²) in [7, 11) is 0. The molecule has 0 radical (unpaired) electrons. The molecule has 19 heavy (non-hydrogen) atoms. The Labute approximate surface area is 122 Å². The highest BCUT2D eigenvalue weighted by Crippen LogP contribution is 2.26. The molecule has 2 aromatic heterocycles. The van der Waals surface area contributed by atoms with Gasteiger partial charge in [0.2, 0.25) is 5.88 Å². The minimum absolute atomic E-state index is 0.253. The summed E-state index contributed by atoms with van der Waals surface area (Å²) >= 11 is 11.7. The third kappa shape index (κ3) is 3.37. The second kappa shape index (κ2) is 6.22. The third-order valence-corrected chi connectivity index (χ3v) is 3.24. The SMILES string of the molecule is CCc1nc(C)ccc1Oc1ccc(Cl)c(CCl)n1. The summed E-state index contributed by atoms with van der Waals surface area (Å²) in [6.07, 6.45) is 0.799. The number of ether oxygens (including phenoxy) is 1. The molecule has 0 aromatic carbocycles. The summed E-state index contributed by atoms with van der Waals surface area (Å²) in [5.74, 6) is 1.44. The van der Waals surface area contributed by atoms with Gasteiger partial charge in [-0.25, -0.2) is 4.98 Å². The van der Waals surface area contributed by atoms with E-state index in [-0.39, 0.29) is 5.88 Å². The maximum absolute atomic E-state index is 5.96. The van der Waals surface area contributed by atoms with Crippen LogP contribution >= 0.6 is 23.2 Å². The molecule has 0 fully saturated rings. The number of hydrogen-bond acceptors (Lipinski definition) is 3.